The Morgan fingerprint density at radius 3 is 2.67 bits per heavy atom. The predicted molar refractivity (Wildman–Crippen MR) is 75.1 cm³/mol. The highest BCUT2D eigenvalue weighted by molar-refractivity contribution is 5.29. The van der Waals surface area contributed by atoms with Gasteiger partial charge in [-0.3, -0.25) is 4.90 Å². The lowest BCUT2D eigenvalue weighted by molar-refractivity contribution is 0.241. The van der Waals surface area contributed by atoms with Crippen LogP contribution in [0, 0.1) is 0 Å². The van der Waals surface area contributed by atoms with Crippen molar-refractivity contribution in [3.05, 3.63) is 29.8 Å². The highest BCUT2D eigenvalue weighted by atomic mass is 16.5. The Balaban J connectivity index is 2.07. The molecule has 1 aliphatic rings. The quantitative estimate of drug-likeness (QED) is 0.889. The van der Waals surface area contributed by atoms with E-state index in [1.165, 1.54) is 12.0 Å². The Bertz CT molecular complexity index is 361. The van der Waals surface area contributed by atoms with Gasteiger partial charge in [0.2, 0.25) is 0 Å². The number of rotatable bonds is 3. The summed E-state index contributed by atoms with van der Waals surface area (Å²) in [7, 11) is 2.20. The molecule has 0 aromatic heterocycles. The van der Waals surface area contributed by atoms with E-state index in [0.29, 0.717) is 6.04 Å². The summed E-state index contributed by atoms with van der Waals surface area (Å²) < 4.78 is 5.68. The Kier molecular flexibility index (Phi) is 4.61. The molecular formula is C15H24N2O. The van der Waals surface area contributed by atoms with E-state index in [4.69, 9.17) is 4.74 Å². The van der Waals surface area contributed by atoms with Crippen LogP contribution < -0.4 is 10.1 Å². The Labute approximate surface area is 110 Å². The van der Waals surface area contributed by atoms with Gasteiger partial charge >= 0.3 is 0 Å². The average molecular weight is 248 g/mol. The summed E-state index contributed by atoms with van der Waals surface area (Å²) in [6.45, 7) is 7.41. The van der Waals surface area contributed by atoms with Gasteiger partial charge in [-0.25, -0.2) is 0 Å². The molecule has 100 valence electrons. The van der Waals surface area contributed by atoms with E-state index in [1.54, 1.807) is 0 Å². The molecule has 0 radical (unpaired) electrons. The van der Waals surface area contributed by atoms with E-state index in [0.717, 1.165) is 25.4 Å². The molecule has 1 atom stereocenters. The molecule has 1 aromatic carbocycles. The van der Waals surface area contributed by atoms with Crippen LogP contribution in [0.15, 0.2) is 24.3 Å². The summed E-state index contributed by atoms with van der Waals surface area (Å²) in [5, 5.41) is 3.50. The van der Waals surface area contributed by atoms with Gasteiger partial charge in [-0.2, -0.15) is 0 Å². The van der Waals surface area contributed by atoms with Crippen molar-refractivity contribution in [1.82, 2.24) is 10.2 Å². The monoisotopic (exact) mass is 248 g/mol. The molecule has 2 rings (SSSR count). The number of likely N-dealkylation sites (N-methyl/N-ethyl adjacent to an activating group) is 1. The van der Waals surface area contributed by atoms with Gasteiger partial charge < -0.3 is 10.1 Å². The Morgan fingerprint density at radius 1 is 1.28 bits per heavy atom. The molecule has 1 aliphatic heterocycles. The van der Waals surface area contributed by atoms with Crippen LogP contribution in [0.3, 0.4) is 0 Å². The highest BCUT2D eigenvalue weighted by Crippen LogP contribution is 2.23. The number of hydrogen-bond donors (Lipinski definition) is 1. The largest absolute Gasteiger partial charge is 0.491 e. The number of nitrogens with zero attached hydrogens (tertiary/aromatic N) is 1. The van der Waals surface area contributed by atoms with E-state index in [-0.39, 0.29) is 6.10 Å². The molecule has 3 nitrogen and oxygen atoms in total. The zero-order valence-corrected chi connectivity index (χ0v) is 11.6. The Hall–Kier alpha value is -1.06. The number of hydrogen-bond acceptors (Lipinski definition) is 3. The second kappa shape index (κ2) is 6.21. The van der Waals surface area contributed by atoms with E-state index in [1.807, 2.05) is 0 Å². The minimum Gasteiger partial charge on any atom is -0.491 e. The number of ether oxygens (including phenoxy) is 1. The van der Waals surface area contributed by atoms with Crippen LogP contribution in [0.25, 0.3) is 0 Å². The van der Waals surface area contributed by atoms with Gasteiger partial charge in [-0.05, 0) is 58.1 Å². The highest BCUT2D eigenvalue weighted by Gasteiger charge is 2.18. The van der Waals surface area contributed by atoms with Crippen LogP contribution in [0.2, 0.25) is 0 Å². The smallest absolute Gasteiger partial charge is 0.119 e. The number of nitrogens with one attached hydrogen (secondary N) is 1. The molecule has 0 bridgehead atoms. The lowest BCUT2D eigenvalue weighted by Gasteiger charge is -2.26. The first-order chi connectivity index (χ1) is 8.66. The molecule has 0 amide bonds. The minimum absolute atomic E-state index is 0.234. The van der Waals surface area contributed by atoms with Gasteiger partial charge in [-0.15, -0.1) is 0 Å². The standard InChI is InChI=1S/C15H24N2O/c1-12(2)18-14-7-5-13(6-8-14)15-11-16-9-4-10-17(15)3/h5-8,12,15-16H,4,9-11H2,1-3H3. The third-order valence-corrected chi connectivity index (χ3v) is 3.37. The van der Waals surface area contributed by atoms with Gasteiger partial charge in [0.1, 0.15) is 5.75 Å². The SMILES string of the molecule is CC(C)Oc1ccc(C2CNCCCN2C)cc1. The van der Waals surface area contributed by atoms with Gasteiger partial charge in [0, 0.05) is 12.6 Å². The summed E-state index contributed by atoms with van der Waals surface area (Å²) in [5.74, 6) is 0.956. The topological polar surface area (TPSA) is 24.5 Å². The van der Waals surface area contributed by atoms with Crippen LogP contribution in [-0.2, 0) is 0 Å². The molecule has 1 N–H and O–H groups in total. The molecule has 1 heterocycles. The molecule has 0 aliphatic carbocycles. The lowest BCUT2D eigenvalue weighted by Crippen LogP contribution is -2.29. The molecule has 3 heteroatoms. The van der Waals surface area contributed by atoms with Crippen molar-refractivity contribution in [2.75, 3.05) is 26.7 Å². The fourth-order valence-electron chi connectivity index (χ4n) is 2.42. The van der Waals surface area contributed by atoms with E-state index in [9.17, 15) is 0 Å². The van der Waals surface area contributed by atoms with Crippen LogP contribution in [0.4, 0.5) is 0 Å². The van der Waals surface area contributed by atoms with Crippen LogP contribution in [0.5, 0.6) is 5.75 Å². The van der Waals surface area contributed by atoms with Crippen LogP contribution in [0.1, 0.15) is 31.9 Å². The zero-order chi connectivity index (χ0) is 13.0. The first kappa shape index (κ1) is 13.4. The third-order valence-electron chi connectivity index (χ3n) is 3.37. The van der Waals surface area contributed by atoms with Crippen molar-refractivity contribution >= 4 is 0 Å². The van der Waals surface area contributed by atoms with Gasteiger partial charge in [-0.1, -0.05) is 12.1 Å². The maximum atomic E-state index is 5.68. The van der Waals surface area contributed by atoms with Gasteiger partial charge in [0.25, 0.3) is 0 Å². The summed E-state index contributed by atoms with van der Waals surface area (Å²) in [5.41, 5.74) is 1.36. The normalized spacial score (nSPS) is 21.9. The molecule has 0 saturated carbocycles. The molecule has 1 saturated heterocycles. The number of benzene rings is 1. The predicted octanol–water partition coefficient (Wildman–Crippen LogP) is 2.44. The third kappa shape index (κ3) is 3.47. The zero-order valence-electron chi connectivity index (χ0n) is 11.6. The van der Waals surface area contributed by atoms with Crippen molar-refractivity contribution in [2.24, 2.45) is 0 Å². The van der Waals surface area contributed by atoms with E-state index >= 15 is 0 Å². The summed E-state index contributed by atoms with van der Waals surface area (Å²) in [4.78, 5) is 2.43. The summed E-state index contributed by atoms with van der Waals surface area (Å²) in [6, 6.07) is 9.00. The van der Waals surface area contributed by atoms with Crippen LogP contribution in [-0.4, -0.2) is 37.7 Å². The van der Waals surface area contributed by atoms with E-state index in [2.05, 4.69) is 55.4 Å². The average Bonchev–Trinajstić information content (AvgIpc) is 2.54. The molecule has 1 fully saturated rings. The van der Waals surface area contributed by atoms with Crippen molar-refractivity contribution in [3.8, 4) is 5.75 Å². The molecule has 0 spiro atoms. The first-order valence-electron chi connectivity index (χ1n) is 6.84. The Morgan fingerprint density at radius 2 is 2.00 bits per heavy atom. The fourth-order valence-corrected chi connectivity index (χ4v) is 2.42. The molecule has 1 unspecified atom stereocenters. The van der Waals surface area contributed by atoms with Gasteiger partial charge in [0.05, 0.1) is 6.10 Å². The van der Waals surface area contributed by atoms with Crippen molar-refractivity contribution in [3.63, 3.8) is 0 Å². The summed E-state index contributed by atoms with van der Waals surface area (Å²) >= 11 is 0. The molecule has 1 aromatic rings. The summed E-state index contributed by atoms with van der Waals surface area (Å²) in [6.07, 6.45) is 1.46. The van der Waals surface area contributed by atoms with Crippen molar-refractivity contribution in [2.45, 2.75) is 32.4 Å². The molecular weight excluding hydrogens is 224 g/mol. The minimum atomic E-state index is 0.234. The maximum absolute atomic E-state index is 5.68. The lowest BCUT2D eigenvalue weighted by atomic mass is 10.1. The van der Waals surface area contributed by atoms with Crippen LogP contribution >= 0.6 is 0 Å². The van der Waals surface area contributed by atoms with Crippen molar-refractivity contribution in [1.29, 1.82) is 0 Å². The first-order valence-corrected chi connectivity index (χ1v) is 6.84. The van der Waals surface area contributed by atoms with E-state index < -0.39 is 0 Å². The second-order valence-corrected chi connectivity index (χ2v) is 5.29. The van der Waals surface area contributed by atoms with Crippen molar-refractivity contribution < 1.29 is 4.74 Å². The second-order valence-electron chi connectivity index (χ2n) is 5.29. The fraction of sp³-hybridized carbons (Fsp3) is 0.600. The maximum Gasteiger partial charge on any atom is 0.119 e. The van der Waals surface area contributed by atoms with Gasteiger partial charge in [0.15, 0.2) is 0 Å². The molecule has 18 heavy (non-hydrogen) atoms.